The van der Waals surface area contributed by atoms with E-state index in [4.69, 9.17) is 0 Å². The van der Waals surface area contributed by atoms with E-state index in [1.807, 2.05) is 31.2 Å². The van der Waals surface area contributed by atoms with E-state index in [0.29, 0.717) is 23.6 Å². The van der Waals surface area contributed by atoms with Crippen LogP contribution in [0.3, 0.4) is 0 Å². The van der Waals surface area contributed by atoms with Crippen LogP contribution in [0.1, 0.15) is 22.8 Å². The molecule has 0 saturated heterocycles. The number of fused-ring (bicyclic) bond motifs is 2. The lowest BCUT2D eigenvalue weighted by molar-refractivity contribution is -0.119. The van der Waals surface area contributed by atoms with Crippen LogP contribution in [0.4, 0.5) is 11.6 Å². The van der Waals surface area contributed by atoms with Crippen LogP contribution < -0.4 is 10.6 Å². The predicted molar refractivity (Wildman–Crippen MR) is 91.0 cm³/mol. The van der Waals surface area contributed by atoms with Crippen molar-refractivity contribution in [1.29, 1.82) is 0 Å². The fourth-order valence-electron chi connectivity index (χ4n) is 3.09. The molecule has 1 aliphatic rings. The summed E-state index contributed by atoms with van der Waals surface area (Å²) in [5, 5.41) is 10.9. The number of aromatic nitrogens is 3. The summed E-state index contributed by atoms with van der Waals surface area (Å²) < 4.78 is 1.59. The molecule has 3 N–H and O–H groups in total. The first-order valence-corrected chi connectivity index (χ1v) is 7.79. The van der Waals surface area contributed by atoms with E-state index in [-0.39, 0.29) is 17.7 Å². The van der Waals surface area contributed by atoms with Crippen molar-refractivity contribution in [1.82, 2.24) is 14.8 Å². The minimum absolute atomic E-state index is 0.0278. The van der Waals surface area contributed by atoms with Crippen LogP contribution in [0.2, 0.25) is 0 Å². The van der Waals surface area contributed by atoms with Gasteiger partial charge in [0.15, 0.2) is 5.82 Å². The maximum atomic E-state index is 12.7. The highest BCUT2D eigenvalue weighted by Crippen LogP contribution is 2.31. The first-order chi connectivity index (χ1) is 11.5. The lowest BCUT2D eigenvalue weighted by atomic mass is 9.98. The zero-order chi connectivity index (χ0) is 16.8. The summed E-state index contributed by atoms with van der Waals surface area (Å²) in [7, 11) is 1.75. The lowest BCUT2D eigenvalue weighted by Crippen LogP contribution is -2.28. The summed E-state index contributed by atoms with van der Waals surface area (Å²) >= 11 is 0. The normalized spacial score (nSPS) is 16.8. The number of hydrogen-bond acceptors (Lipinski definition) is 3. The summed E-state index contributed by atoms with van der Waals surface area (Å²) in [5.74, 6) is 0.741. The fraction of sp³-hybridized carbons (Fsp3) is 0.235. The van der Waals surface area contributed by atoms with E-state index >= 15 is 0 Å². The zero-order valence-electron chi connectivity index (χ0n) is 13.4. The van der Waals surface area contributed by atoms with Gasteiger partial charge in [-0.2, -0.15) is 5.10 Å². The summed E-state index contributed by atoms with van der Waals surface area (Å²) in [6, 6.07) is 7.63. The van der Waals surface area contributed by atoms with Crippen LogP contribution in [0, 0.1) is 5.92 Å². The van der Waals surface area contributed by atoms with Crippen molar-refractivity contribution in [2.75, 3.05) is 10.6 Å². The van der Waals surface area contributed by atoms with E-state index in [0.717, 1.165) is 16.5 Å². The number of aryl methyl sites for hydroxylation is 1. The molecule has 2 amide bonds. The number of para-hydroxylation sites is 1. The van der Waals surface area contributed by atoms with Gasteiger partial charge in [-0.05, 0) is 12.5 Å². The third kappa shape index (κ3) is 2.17. The van der Waals surface area contributed by atoms with Crippen LogP contribution in [0.5, 0.6) is 0 Å². The topological polar surface area (TPSA) is 91.8 Å². The Hall–Kier alpha value is -3.09. The van der Waals surface area contributed by atoms with Gasteiger partial charge < -0.3 is 15.6 Å². The second-order valence-electron chi connectivity index (χ2n) is 6.10. The Morgan fingerprint density at radius 1 is 1.38 bits per heavy atom. The van der Waals surface area contributed by atoms with E-state index in [1.165, 1.54) is 0 Å². The molecule has 0 unspecified atom stereocenters. The third-order valence-electron chi connectivity index (χ3n) is 4.41. The Labute approximate surface area is 138 Å². The Kier molecular flexibility index (Phi) is 3.16. The second-order valence-corrected chi connectivity index (χ2v) is 6.10. The second kappa shape index (κ2) is 5.23. The smallest absolute Gasteiger partial charge is 0.259 e. The van der Waals surface area contributed by atoms with Crippen molar-refractivity contribution in [2.45, 2.75) is 13.3 Å². The van der Waals surface area contributed by atoms with Crippen LogP contribution in [0.25, 0.3) is 10.9 Å². The van der Waals surface area contributed by atoms with Gasteiger partial charge in [-0.3, -0.25) is 14.3 Å². The van der Waals surface area contributed by atoms with Crippen molar-refractivity contribution in [3.05, 3.63) is 41.6 Å². The summed E-state index contributed by atoms with van der Waals surface area (Å²) in [6.07, 6.45) is 2.25. The van der Waals surface area contributed by atoms with Crippen molar-refractivity contribution in [2.24, 2.45) is 13.0 Å². The molecule has 3 aromatic rings. The van der Waals surface area contributed by atoms with Gasteiger partial charge in [-0.25, -0.2) is 0 Å². The number of carbonyl (C=O) groups is 2. The number of benzene rings is 1. The molecule has 7 heteroatoms. The molecule has 122 valence electrons. The van der Waals surface area contributed by atoms with E-state index < -0.39 is 0 Å². The molecule has 1 aromatic carbocycles. The summed E-state index contributed by atoms with van der Waals surface area (Å²) in [5.41, 5.74) is 2.34. The first kappa shape index (κ1) is 14.5. The molecule has 0 fully saturated rings. The van der Waals surface area contributed by atoms with Crippen molar-refractivity contribution >= 4 is 34.4 Å². The molecular weight excluding hydrogens is 306 g/mol. The number of H-pyrrole nitrogens is 1. The molecule has 24 heavy (non-hydrogen) atoms. The standard InChI is InChI=1S/C17H17N5O2/c1-9-7-11-14(21-22(2)15(11)20-16(9)23)19-17(24)12-8-18-13-6-4-3-5-10(12)13/h3-6,8-9,18H,7H2,1-2H3,(H,20,23)(H,19,21,24)/t9-/m1/s1. The molecule has 4 rings (SSSR count). The average molecular weight is 323 g/mol. The van der Waals surface area contributed by atoms with Crippen LogP contribution >= 0.6 is 0 Å². The van der Waals surface area contributed by atoms with Gasteiger partial charge in [-0.15, -0.1) is 0 Å². The molecule has 7 nitrogen and oxygen atoms in total. The highest BCUT2D eigenvalue weighted by atomic mass is 16.2. The SMILES string of the molecule is C[C@@H]1Cc2c(NC(=O)c3c[nH]c4ccccc34)nn(C)c2NC1=O. The number of amides is 2. The van der Waals surface area contributed by atoms with Gasteiger partial charge in [0.1, 0.15) is 5.82 Å². The Bertz CT molecular complexity index is 969. The van der Waals surface area contributed by atoms with Gasteiger partial charge in [-0.1, -0.05) is 25.1 Å². The number of carbonyl (C=O) groups excluding carboxylic acids is 2. The van der Waals surface area contributed by atoms with Gasteiger partial charge in [0, 0.05) is 35.6 Å². The minimum Gasteiger partial charge on any atom is -0.360 e. The number of nitrogens with one attached hydrogen (secondary N) is 3. The lowest BCUT2D eigenvalue weighted by Gasteiger charge is -2.19. The molecule has 0 spiro atoms. The molecule has 0 saturated carbocycles. The van der Waals surface area contributed by atoms with Crippen molar-refractivity contribution in [3.63, 3.8) is 0 Å². The highest BCUT2D eigenvalue weighted by molar-refractivity contribution is 6.13. The van der Waals surface area contributed by atoms with Gasteiger partial charge in [0.05, 0.1) is 5.56 Å². The Morgan fingerprint density at radius 3 is 3.00 bits per heavy atom. The number of nitrogens with zero attached hydrogens (tertiary/aromatic N) is 2. The Balaban J connectivity index is 1.68. The van der Waals surface area contributed by atoms with Crippen LogP contribution in [0.15, 0.2) is 30.5 Å². The first-order valence-electron chi connectivity index (χ1n) is 7.79. The molecule has 0 radical (unpaired) electrons. The number of anilines is 2. The molecule has 1 aliphatic heterocycles. The molecule has 3 heterocycles. The Morgan fingerprint density at radius 2 is 2.17 bits per heavy atom. The van der Waals surface area contributed by atoms with Gasteiger partial charge in [0.25, 0.3) is 5.91 Å². The predicted octanol–water partition coefficient (Wildman–Crippen LogP) is 2.28. The fourth-order valence-corrected chi connectivity index (χ4v) is 3.09. The molecule has 0 aliphatic carbocycles. The van der Waals surface area contributed by atoms with Gasteiger partial charge >= 0.3 is 0 Å². The van der Waals surface area contributed by atoms with Crippen LogP contribution in [-0.4, -0.2) is 26.6 Å². The minimum atomic E-state index is -0.224. The molecule has 1 atom stereocenters. The highest BCUT2D eigenvalue weighted by Gasteiger charge is 2.29. The number of aromatic amines is 1. The number of hydrogen-bond donors (Lipinski definition) is 3. The van der Waals surface area contributed by atoms with Crippen molar-refractivity contribution in [3.8, 4) is 0 Å². The monoisotopic (exact) mass is 323 g/mol. The summed E-state index contributed by atoms with van der Waals surface area (Å²) in [6.45, 7) is 1.86. The molecular formula is C17H17N5O2. The maximum Gasteiger partial charge on any atom is 0.259 e. The van der Waals surface area contributed by atoms with E-state index in [1.54, 1.807) is 17.9 Å². The molecule has 2 aromatic heterocycles. The van der Waals surface area contributed by atoms with E-state index in [2.05, 4.69) is 20.7 Å². The maximum absolute atomic E-state index is 12.7. The quantitative estimate of drug-likeness (QED) is 0.675. The number of rotatable bonds is 2. The largest absolute Gasteiger partial charge is 0.360 e. The average Bonchev–Trinajstić information content (AvgIpc) is 3.11. The zero-order valence-corrected chi connectivity index (χ0v) is 13.4. The third-order valence-corrected chi connectivity index (χ3v) is 4.41. The van der Waals surface area contributed by atoms with Gasteiger partial charge in [0.2, 0.25) is 5.91 Å². The summed E-state index contributed by atoms with van der Waals surface area (Å²) in [4.78, 5) is 27.6. The van der Waals surface area contributed by atoms with Crippen molar-refractivity contribution < 1.29 is 9.59 Å². The molecule has 0 bridgehead atoms. The van der Waals surface area contributed by atoms with E-state index in [9.17, 15) is 9.59 Å². The van der Waals surface area contributed by atoms with Crippen LogP contribution in [-0.2, 0) is 18.3 Å².